The lowest BCUT2D eigenvalue weighted by Gasteiger charge is -2.21. The lowest BCUT2D eigenvalue weighted by molar-refractivity contribution is -0.161. The van der Waals surface area contributed by atoms with Gasteiger partial charge in [0, 0.05) is 25.7 Å². The number of hydrogen-bond donors (Lipinski definition) is 3. The number of carbonyl (C=O) groups excluding carboxylic acids is 4. The van der Waals surface area contributed by atoms with Gasteiger partial charge in [-0.2, -0.15) is 0 Å². The van der Waals surface area contributed by atoms with Gasteiger partial charge < -0.3 is 33.8 Å². The molecule has 0 aliphatic rings. The van der Waals surface area contributed by atoms with Gasteiger partial charge in [0.05, 0.1) is 26.4 Å². The topological polar surface area (TPSA) is 237 Å². The van der Waals surface area contributed by atoms with Crippen molar-refractivity contribution < 1.29 is 80.2 Å². The molecule has 0 radical (unpaired) electrons. The molecule has 0 aromatic heterocycles. The van der Waals surface area contributed by atoms with Crippen LogP contribution in [0.3, 0.4) is 0 Å². The summed E-state index contributed by atoms with van der Waals surface area (Å²) in [5, 5.41) is 10.5. The highest BCUT2D eigenvalue weighted by molar-refractivity contribution is 7.47. The van der Waals surface area contributed by atoms with E-state index in [9.17, 15) is 43.2 Å². The van der Waals surface area contributed by atoms with E-state index in [-0.39, 0.29) is 25.7 Å². The molecule has 0 aliphatic carbocycles. The van der Waals surface area contributed by atoms with E-state index in [1.807, 2.05) is 0 Å². The van der Waals surface area contributed by atoms with Crippen molar-refractivity contribution >= 4 is 39.5 Å². The first kappa shape index (κ1) is 74.1. The fourth-order valence-electron chi connectivity index (χ4n) is 8.40. The molecule has 450 valence electrons. The Morgan fingerprint density at radius 3 is 0.776 bits per heavy atom. The maximum absolute atomic E-state index is 12.9. The minimum atomic E-state index is -4.93. The number of esters is 4. The Hall–Kier alpha value is -1.94. The van der Waals surface area contributed by atoms with Crippen LogP contribution in [0.15, 0.2) is 0 Å². The molecule has 0 saturated carbocycles. The number of aliphatic hydroxyl groups is 1. The van der Waals surface area contributed by atoms with Gasteiger partial charge in [-0.3, -0.25) is 37.3 Å². The predicted molar refractivity (Wildman–Crippen MR) is 299 cm³/mol. The first-order chi connectivity index (χ1) is 36.7. The van der Waals surface area contributed by atoms with Crippen molar-refractivity contribution in [1.29, 1.82) is 0 Å². The van der Waals surface area contributed by atoms with E-state index in [0.717, 1.165) is 109 Å². The molecule has 0 spiro atoms. The highest BCUT2D eigenvalue weighted by atomic mass is 31.2. The van der Waals surface area contributed by atoms with Gasteiger partial charge in [0.2, 0.25) is 0 Å². The van der Waals surface area contributed by atoms with Crippen LogP contribution < -0.4 is 0 Å². The smallest absolute Gasteiger partial charge is 0.462 e. The second-order valence-electron chi connectivity index (χ2n) is 20.7. The van der Waals surface area contributed by atoms with Crippen LogP contribution in [0.2, 0.25) is 0 Å². The minimum Gasteiger partial charge on any atom is -0.462 e. The van der Waals surface area contributed by atoms with Crippen LogP contribution in [0.25, 0.3) is 0 Å². The minimum absolute atomic E-state index is 0.105. The summed E-state index contributed by atoms with van der Waals surface area (Å²) in [6, 6.07) is 0. The molecule has 2 unspecified atom stereocenters. The van der Waals surface area contributed by atoms with Gasteiger partial charge in [-0.1, -0.05) is 233 Å². The Labute approximate surface area is 460 Å². The van der Waals surface area contributed by atoms with E-state index in [1.165, 1.54) is 96.3 Å². The molecule has 0 saturated heterocycles. The van der Waals surface area contributed by atoms with Gasteiger partial charge in [-0.25, -0.2) is 9.13 Å². The van der Waals surface area contributed by atoms with Crippen LogP contribution in [0, 0.1) is 0 Å². The largest absolute Gasteiger partial charge is 0.472 e. The zero-order chi connectivity index (χ0) is 56.2. The van der Waals surface area contributed by atoms with E-state index < -0.39 is 97.5 Å². The summed E-state index contributed by atoms with van der Waals surface area (Å²) in [4.78, 5) is 71.6. The van der Waals surface area contributed by atoms with Crippen LogP contribution in [0.1, 0.15) is 285 Å². The van der Waals surface area contributed by atoms with Gasteiger partial charge in [0.1, 0.15) is 19.3 Å². The Morgan fingerprint density at radius 1 is 0.316 bits per heavy atom. The van der Waals surface area contributed by atoms with Crippen LogP contribution in [-0.4, -0.2) is 96.7 Å². The lowest BCUT2D eigenvalue weighted by Crippen LogP contribution is -2.30. The molecule has 0 aromatic carbocycles. The second-order valence-corrected chi connectivity index (χ2v) is 23.6. The van der Waals surface area contributed by atoms with Crippen LogP contribution in [0.5, 0.6) is 0 Å². The Balaban J connectivity index is 5.19. The molecule has 3 N–H and O–H groups in total. The van der Waals surface area contributed by atoms with Gasteiger partial charge in [0.15, 0.2) is 12.2 Å². The van der Waals surface area contributed by atoms with Crippen molar-refractivity contribution in [2.24, 2.45) is 0 Å². The van der Waals surface area contributed by atoms with E-state index in [2.05, 4.69) is 27.7 Å². The average molecular weight is 1130 g/mol. The Bertz CT molecular complexity index is 1490. The second kappa shape index (κ2) is 52.4. The van der Waals surface area contributed by atoms with E-state index >= 15 is 0 Å². The summed E-state index contributed by atoms with van der Waals surface area (Å²) in [5.74, 6) is -2.15. The van der Waals surface area contributed by atoms with Gasteiger partial charge in [-0.05, 0) is 25.7 Å². The maximum Gasteiger partial charge on any atom is 0.472 e. The van der Waals surface area contributed by atoms with Gasteiger partial charge in [-0.15, -0.1) is 0 Å². The fraction of sp³-hybridized carbons (Fsp3) is 0.930. The van der Waals surface area contributed by atoms with Gasteiger partial charge >= 0.3 is 39.5 Å². The number of rotatable bonds is 58. The third-order valence-electron chi connectivity index (χ3n) is 13.1. The average Bonchev–Trinajstić information content (AvgIpc) is 3.39. The highest BCUT2D eigenvalue weighted by Gasteiger charge is 2.30. The van der Waals surface area contributed by atoms with E-state index in [4.69, 9.17) is 37.0 Å². The number of carbonyl (C=O) groups is 4. The zero-order valence-corrected chi connectivity index (χ0v) is 50.0. The summed E-state index contributed by atoms with van der Waals surface area (Å²) in [5.41, 5.74) is 0. The third-order valence-corrected chi connectivity index (χ3v) is 15.0. The van der Waals surface area contributed by atoms with Gasteiger partial charge in [0.25, 0.3) is 0 Å². The maximum atomic E-state index is 12.9. The van der Waals surface area contributed by atoms with Crippen molar-refractivity contribution in [3.63, 3.8) is 0 Å². The molecule has 0 amide bonds. The number of aliphatic hydroxyl groups excluding tert-OH is 1. The summed E-state index contributed by atoms with van der Waals surface area (Å²) >= 11 is 0. The summed E-state index contributed by atoms with van der Waals surface area (Å²) < 4.78 is 67.5. The number of phosphoric ester groups is 2. The van der Waals surface area contributed by atoms with Crippen molar-refractivity contribution in [2.45, 2.75) is 303 Å². The predicted octanol–water partition coefficient (Wildman–Crippen LogP) is 15.2. The fourth-order valence-corrected chi connectivity index (χ4v) is 9.98. The molecular weight excluding hydrogens is 1020 g/mol. The summed E-state index contributed by atoms with van der Waals surface area (Å²) in [6.45, 7) is 4.76. The first-order valence-electron chi connectivity index (χ1n) is 30.3. The van der Waals surface area contributed by atoms with Crippen LogP contribution in [0.4, 0.5) is 0 Å². The van der Waals surface area contributed by atoms with Crippen LogP contribution >= 0.6 is 15.6 Å². The van der Waals surface area contributed by atoms with E-state index in [0.29, 0.717) is 25.7 Å². The number of unbranched alkanes of at least 4 members (excludes halogenated alkanes) is 32. The first-order valence-corrected chi connectivity index (χ1v) is 33.3. The molecule has 0 heterocycles. The highest BCUT2D eigenvalue weighted by Crippen LogP contribution is 2.45. The zero-order valence-electron chi connectivity index (χ0n) is 48.2. The third kappa shape index (κ3) is 51.5. The monoisotopic (exact) mass is 1130 g/mol. The molecule has 0 rings (SSSR count). The van der Waals surface area contributed by atoms with Crippen molar-refractivity contribution in [3.8, 4) is 0 Å². The lowest BCUT2D eigenvalue weighted by atomic mass is 10.0. The van der Waals surface area contributed by atoms with E-state index in [1.54, 1.807) is 0 Å². The number of phosphoric acid groups is 2. The van der Waals surface area contributed by atoms with Crippen molar-refractivity contribution in [2.75, 3.05) is 39.6 Å². The molecule has 0 bridgehead atoms. The Kier molecular flexibility index (Phi) is 51.1. The van der Waals surface area contributed by atoms with Crippen molar-refractivity contribution in [3.05, 3.63) is 0 Å². The quantitative estimate of drug-likeness (QED) is 0.0222. The van der Waals surface area contributed by atoms with Crippen LogP contribution in [-0.2, 0) is 65.4 Å². The SMILES string of the molecule is CCCCCCCCCCCCCCC(=O)O[C@H](COC(=O)CCCCCCCCCC)COP(=O)(O)OC[C@@H](O)COP(=O)(O)OC[C@@H](COC(=O)CCCCCCCCCC)OC(=O)CCCCCCCCCC. The molecule has 76 heavy (non-hydrogen) atoms. The normalized spacial score (nSPS) is 14.4. The number of hydrogen-bond acceptors (Lipinski definition) is 15. The summed E-state index contributed by atoms with van der Waals surface area (Å²) in [7, 11) is -9.86. The van der Waals surface area contributed by atoms with Crippen molar-refractivity contribution in [1.82, 2.24) is 0 Å². The standard InChI is InChI=1S/C57H110O17P2/c1-5-9-13-17-21-25-26-27-28-32-36-40-44-57(62)74-53(48-68-55(60)42-38-34-30-23-19-15-11-7-3)50-72-76(65,66)70-46-51(58)45-69-75(63,64)71-49-52(73-56(61)43-39-35-31-24-20-16-12-8-4)47-67-54(59)41-37-33-29-22-18-14-10-6-2/h51-53,58H,5-50H2,1-4H3,(H,63,64)(H,65,66)/t51-,52+,53+/m0/s1. The molecule has 17 nitrogen and oxygen atoms in total. The molecule has 0 aromatic rings. The number of ether oxygens (including phenoxy) is 4. The molecule has 19 heteroatoms. The Morgan fingerprint density at radius 2 is 0.526 bits per heavy atom. The molecule has 5 atom stereocenters. The summed E-state index contributed by atoms with van der Waals surface area (Å²) in [6.07, 6.45) is 34.9. The molecule has 0 aliphatic heterocycles. The molecular formula is C57H110O17P2. The molecule has 0 fully saturated rings.